The molecular weight excluding hydrogens is 363 g/mol. The van der Waals surface area contributed by atoms with Crippen molar-refractivity contribution in [2.75, 3.05) is 5.32 Å². The van der Waals surface area contributed by atoms with E-state index in [9.17, 15) is 8.78 Å². The van der Waals surface area contributed by atoms with Crippen LogP contribution in [0.5, 0.6) is 0 Å². The Hall–Kier alpha value is -0.920. The van der Waals surface area contributed by atoms with Crippen molar-refractivity contribution in [3.05, 3.63) is 29.3 Å². The van der Waals surface area contributed by atoms with Gasteiger partial charge in [0.15, 0.2) is 5.96 Å². The van der Waals surface area contributed by atoms with Crippen molar-refractivity contribution < 1.29 is 8.78 Å². The number of nitrogens with one attached hydrogen (secondary N) is 1. The van der Waals surface area contributed by atoms with Crippen LogP contribution in [0.25, 0.3) is 0 Å². The van der Waals surface area contributed by atoms with Crippen molar-refractivity contribution in [3.63, 3.8) is 0 Å². The lowest BCUT2D eigenvalue weighted by molar-refractivity contribution is 0.121. The molecule has 2 atom stereocenters. The highest BCUT2D eigenvalue weighted by Crippen LogP contribution is 2.38. The van der Waals surface area contributed by atoms with Crippen molar-refractivity contribution in [2.24, 2.45) is 16.6 Å². The molecule has 6 heteroatoms. The second kappa shape index (κ2) is 6.49. The molecule has 0 saturated heterocycles. The minimum absolute atomic E-state index is 0. The highest BCUT2D eigenvalue weighted by Gasteiger charge is 2.44. The second-order valence-electron chi connectivity index (χ2n) is 4.74. The number of halogens is 3. The van der Waals surface area contributed by atoms with E-state index in [1.54, 1.807) is 0 Å². The summed E-state index contributed by atoms with van der Waals surface area (Å²) < 4.78 is 24.6. The molecule has 1 aliphatic rings. The monoisotopic (exact) mass is 381 g/mol. The average molecular weight is 381 g/mol. The van der Waals surface area contributed by atoms with Crippen molar-refractivity contribution >= 4 is 35.6 Å². The number of hydrogen-bond donors (Lipinski definition) is 2. The fourth-order valence-electron chi connectivity index (χ4n) is 1.80. The van der Waals surface area contributed by atoms with Gasteiger partial charge in [0.25, 0.3) is 0 Å². The molecule has 3 nitrogen and oxygen atoms in total. The molecule has 0 radical (unpaired) electrons. The zero-order chi connectivity index (χ0) is 13.3. The van der Waals surface area contributed by atoms with Gasteiger partial charge in [-0.1, -0.05) is 6.07 Å². The predicted octanol–water partition coefficient (Wildman–Crippen LogP) is 3.30. The molecular formula is C13H18F2IN3. The number of anilines is 1. The van der Waals surface area contributed by atoms with Crippen LogP contribution in [0.15, 0.2) is 23.2 Å². The third-order valence-corrected chi connectivity index (χ3v) is 3.21. The van der Waals surface area contributed by atoms with Crippen LogP contribution in [0.2, 0.25) is 0 Å². The standard InChI is InChI=1S/C13H17F2N3.HI/c1-7-3-4-9(5-8(7)2)17-13(16)18-11-6-10(11)12(14)15;/h3-5,10-12H,6H2,1-2H3,(H3,16,17,18);1H/t10-,11-;/m0./s1. The number of alkyl halides is 2. The van der Waals surface area contributed by atoms with Crippen molar-refractivity contribution in [1.29, 1.82) is 0 Å². The van der Waals surface area contributed by atoms with Crippen LogP contribution < -0.4 is 11.1 Å². The molecule has 0 unspecified atom stereocenters. The van der Waals surface area contributed by atoms with Gasteiger partial charge in [0, 0.05) is 11.6 Å². The largest absolute Gasteiger partial charge is 0.370 e. The van der Waals surface area contributed by atoms with Crippen molar-refractivity contribution in [3.8, 4) is 0 Å². The topological polar surface area (TPSA) is 50.4 Å². The summed E-state index contributed by atoms with van der Waals surface area (Å²) in [6.07, 6.45) is -1.87. The number of rotatable bonds is 3. The summed E-state index contributed by atoms with van der Waals surface area (Å²) in [5, 5.41) is 2.92. The number of guanidine groups is 1. The highest BCUT2D eigenvalue weighted by molar-refractivity contribution is 14.0. The van der Waals surface area contributed by atoms with Gasteiger partial charge in [-0.3, -0.25) is 0 Å². The molecule has 1 fully saturated rings. The molecule has 1 aliphatic carbocycles. The molecule has 0 spiro atoms. The summed E-state index contributed by atoms with van der Waals surface area (Å²) in [6, 6.07) is 5.49. The van der Waals surface area contributed by atoms with E-state index in [-0.39, 0.29) is 36.0 Å². The van der Waals surface area contributed by atoms with Crippen LogP contribution in [-0.2, 0) is 0 Å². The smallest absolute Gasteiger partial charge is 0.243 e. The van der Waals surface area contributed by atoms with Gasteiger partial charge in [-0.05, 0) is 43.5 Å². The lowest BCUT2D eigenvalue weighted by atomic mass is 10.1. The first-order valence-corrected chi connectivity index (χ1v) is 5.93. The van der Waals surface area contributed by atoms with Crippen LogP contribution in [0.3, 0.4) is 0 Å². The molecule has 1 aromatic rings. The van der Waals surface area contributed by atoms with Gasteiger partial charge in [-0.25, -0.2) is 13.8 Å². The summed E-state index contributed by atoms with van der Waals surface area (Å²) in [6.45, 7) is 4.02. The number of benzene rings is 1. The summed E-state index contributed by atoms with van der Waals surface area (Å²) in [5.41, 5.74) is 8.85. The Balaban J connectivity index is 0.00000180. The maximum Gasteiger partial charge on any atom is 0.243 e. The summed E-state index contributed by atoms with van der Waals surface area (Å²) in [4.78, 5) is 4.04. The van der Waals surface area contributed by atoms with E-state index in [4.69, 9.17) is 5.73 Å². The van der Waals surface area contributed by atoms with Gasteiger partial charge in [0.1, 0.15) is 0 Å². The van der Waals surface area contributed by atoms with Crippen LogP contribution in [-0.4, -0.2) is 18.4 Å². The van der Waals surface area contributed by atoms with Gasteiger partial charge in [0.2, 0.25) is 6.43 Å². The molecule has 3 N–H and O–H groups in total. The van der Waals surface area contributed by atoms with E-state index >= 15 is 0 Å². The Kier molecular flexibility index (Phi) is 5.51. The summed E-state index contributed by atoms with van der Waals surface area (Å²) in [5.74, 6) is -0.420. The van der Waals surface area contributed by atoms with E-state index in [1.165, 1.54) is 5.56 Å². The molecule has 0 heterocycles. The Bertz CT molecular complexity index is 477. The number of nitrogens with two attached hydrogens (primary N) is 1. The number of nitrogens with zero attached hydrogens (tertiary/aromatic N) is 1. The first kappa shape index (κ1) is 16.1. The molecule has 1 aromatic carbocycles. The number of hydrogen-bond acceptors (Lipinski definition) is 1. The minimum atomic E-state index is -2.30. The molecule has 2 rings (SSSR count). The molecule has 0 amide bonds. The average Bonchev–Trinajstić information content (AvgIpc) is 3.03. The van der Waals surface area contributed by atoms with E-state index in [1.807, 2.05) is 32.0 Å². The van der Waals surface area contributed by atoms with Gasteiger partial charge in [-0.2, -0.15) is 0 Å². The quantitative estimate of drug-likeness (QED) is 0.480. The van der Waals surface area contributed by atoms with Crippen LogP contribution in [0, 0.1) is 19.8 Å². The molecule has 1 saturated carbocycles. The fraction of sp³-hybridized carbons (Fsp3) is 0.462. The third-order valence-electron chi connectivity index (χ3n) is 3.21. The van der Waals surface area contributed by atoms with Crippen LogP contribution in [0.4, 0.5) is 14.5 Å². The van der Waals surface area contributed by atoms with Gasteiger partial charge < -0.3 is 11.1 Å². The third kappa shape index (κ3) is 4.29. The number of aliphatic imine (C=N–C) groups is 1. The van der Waals surface area contributed by atoms with Crippen LogP contribution in [0.1, 0.15) is 17.5 Å². The Labute approximate surface area is 128 Å². The molecule has 19 heavy (non-hydrogen) atoms. The minimum Gasteiger partial charge on any atom is -0.370 e. The normalized spacial score (nSPS) is 22.1. The maximum atomic E-state index is 12.3. The highest BCUT2D eigenvalue weighted by atomic mass is 127. The first-order valence-electron chi connectivity index (χ1n) is 5.93. The van der Waals surface area contributed by atoms with E-state index in [2.05, 4.69) is 10.3 Å². The lowest BCUT2D eigenvalue weighted by Crippen LogP contribution is -2.23. The zero-order valence-corrected chi connectivity index (χ0v) is 13.2. The second-order valence-corrected chi connectivity index (χ2v) is 4.74. The van der Waals surface area contributed by atoms with Crippen LogP contribution >= 0.6 is 24.0 Å². The Morgan fingerprint density at radius 1 is 1.37 bits per heavy atom. The molecule has 0 aliphatic heterocycles. The Morgan fingerprint density at radius 3 is 2.58 bits per heavy atom. The number of aryl methyl sites for hydroxylation is 2. The summed E-state index contributed by atoms with van der Waals surface area (Å²) in [7, 11) is 0. The van der Waals surface area contributed by atoms with Crippen molar-refractivity contribution in [1.82, 2.24) is 0 Å². The van der Waals surface area contributed by atoms with Crippen molar-refractivity contribution in [2.45, 2.75) is 32.7 Å². The Morgan fingerprint density at radius 2 is 2.05 bits per heavy atom. The van der Waals surface area contributed by atoms with Gasteiger partial charge in [0.05, 0.1) is 6.04 Å². The fourth-order valence-corrected chi connectivity index (χ4v) is 1.80. The molecule has 0 bridgehead atoms. The predicted molar refractivity (Wildman–Crippen MR) is 84.5 cm³/mol. The summed E-state index contributed by atoms with van der Waals surface area (Å²) >= 11 is 0. The van der Waals surface area contributed by atoms with Gasteiger partial charge >= 0.3 is 0 Å². The van der Waals surface area contributed by atoms with E-state index < -0.39 is 12.3 Å². The van der Waals surface area contributed by atoms with E-state index in [0.717, 1.165) is 11.3 Å². The van der Waals surface area contributed by atoms with Gasteiger partial charge in [-0.15, -0.1) is 24.0 Å². The van der Waals surface area contributed by atoms with E-state index in [0.29, 0.717) is 6.42 Å². The zero-order valence-electron chi connectivity index (χ0n) is 10.9. The lowest BCUT2D eigenvalue weighted by Gasteiger charge is -2.08. The maximum absolute atomic E-state index is 12.3. The SMILES string of the molecule is Cc1ccc(NC(N)=N[C@H]2C[C@@H]2C(F)F)cc1C.I. The molecule has 106 valence electrons. The first-order chi connectivity index (χ1) is 8.47. The molecule has 0 aromatic heterocycles.